The van der Waals surface area contributed by atoms with Gasteiger partial charge in [-0.05, 0) is 18.6 Å². The maximum atomic E-state index is 11.8. The first kappa shape index (κ1) is 15.3. The van der Waals surface area contributed by atoms with Crippen molar-refractivity contribution in [1.82, 2.24) is 9.71 Å². The molecule has 8 heteroatoms. The Morgan fingerprint density at radius 2 is 2.33 bits per heavy atom. The summed E-state index contributed by atoms with van der Waals surface area (Å²) in [5.41, 5.74) is 0. The Morgan fingerprint density at radius 3 is 2.94 bits per heavy atom. The van der Waals surface area contributed by atoms with E-state index in [1.165, 1.54) is 25.4 Å². The second-order valence-corrected chi connectivity index (χ2v) is 5.76. The predicted molar refractivity (Wildman–Crippen MR) is 66.9 cm³/mol. The van der Waals surface area contributed by atoms with Gasteiger partial charge in [0, 0.05) is 19.9 Å². The van der Waals surface area contributed by atoms with Crippen molar-refractivity contribution >= 4 is 21.6 Å². The lowest BCUT2D eigenvalue weighted by Gasteiger charge is -2.10. The zero-order valence-corrected chi connectivity index (χ0v) is 11.4. The van der Waals surface area contributed by atoms with E-state index in [1.54, 1.807) is 0 Å². The van der Waals surface area contributed by atoms with Crippen LogP contribution in [-0.2, 0) is 14.8 Å². The van der Waals surface area contributed by atoms with Crippen LogP contribution < -0.4 is 4.72 Å². The molecule has 0 fully saturated rings. The summed E-state index contributed by atoms with van der Waals surface area (Å²) in [5, 5.41) is 9.48. The summed E-state index contributed by atoms with van der Waals surface area (Å²) in [4.78, 5) is 3.75. The molecule has 1 rings (SSSR count). The van der Waals surface area contributed by atoms with Crippen LogP contribution in [-0.4, -0.2) is 44.9 Å². The number of ether oxygens (including phenoxy) is 1. The zero-order valence-electron chi connectivity index (χ0n) is 9.84. The molecule has 1 heterocycles. The van der Waals surface area contributed by atoms with Crippen LogP contribution in [0.3, 0.4) is 0 Å². The summed E-state index contributed by atoms with van der Waals surface area (Å²) in [6, 6.07) is 2.61. The highest BCUT2D eigenvalue weighted by atomic mass is 35.5. The summed E-state index contributed by atoms with van der Waals surface area (Å²) in [6.07, 6.45) is 0.890. The highest BCUT2D eigenvalue weighted by Crippen LogP contribution is 2.12. The van der Waals surface area contributed by atoms with E-state index in [0.29, 0.717) is 0 Å². The van der Waals surface area contributed by atoms with Gasteiger partial charge in [0.2, 0.25) is 10.0 Å². The number of pyridine rings is 1. The molecule has 0 aliphatic carbocycles. The second-order valence-electron chi connectivity index (χ2n) is 3.61. The minimum absolute atomic E-state index is 0.0451. The molecule has 0 spiro atoms. The lowest BCUT2D eigenvalue weighted by atomic mass is 10.3. The van der Waals surface area contributed by atoms with Crippen LogP contribution in [0.2, 0.25) is 5.15 Å². The molecule has 0 aromatic carbocycles. The standard InChI is InChI=1S/C10H15ClN2O4S/c1-17-7-8(14)2-5-13-18(15,16)9-3-4-12-10(11)6-9/h3-4,6,8,13-14H,2,5,7H2,1H3. The van der Waals surface area contributed by atoms with E-state index in [-0.39, 0.29) is 29.6 Å². The Bertz CT molecular complexity index is 481. The number of hydrogen-bond donors (Lipinski definition) is 2. The number of aliphatic hydroxyl groups excluding tert-OH is 1. The fourth-order valence-electron chi connectivity index (χ4n) is 1.27. The van der Waals surface area contributed by atoms with Crippen molar-refractivity contribution in [1.29, 1.82) is 0 Å². The third kappa shape index (κ3) is 4.87. The molecular weight excluding hydrogens is 280 g/mol. The Morgan fingerprint density at radius 1 is 1.61 bits per heavy atom. The Kier molecular flexibility index (Phi) is 5.97. The molecule has 2 N–H and O–H groups in total. The SMILES string of the molecule is COCC(O)CCNS(=O)(=O)c1ccnc(Cl)c1. The van der Waals surface area contributed by atoms with Gasteiger partial charge in [-0.3, -0.25) is 0 Å². The van der Waals surface area contributed by atoms with Crippen molar-refractivity contribution in [2.75, 3.05) is 20.3 Å². The van der Waals surface area contributed by atoms with E-state index in [0.717, 1.165) is 0 Å². The Balaban J connectivity index is 2.55. The molecule has 1 atom stereocenters. The fraction of sp³-hybridized carbons (Fsp3) is 0.500. The molecule has 0 saturated carbocycles. The number of nitrogens with one attached hydrogen (secondary N) is 1. The topological polar surface area (TPSA) is 88.5 Å². The quantitative estimate of drug-likeness (QED) is 0.711. The van der Waals surface area contributed by atoms with Crippen LogP contribution in [0.5, 0.6) is 0 Å². The molecule has 1 unspecified atom stereocenters. The number of aromatic nitrogens is 1. The van der Waals surface area contributed by atoms with Gasteiger partial charge in [0.1, 0.15) is 5.15 Å². The molecule has 0 radical (unpaired) electrons. The van der Waals surface area contributed by atoms with Crippen molar-refractivity contribution in [2.24, 2.45) is 0 Å². The van der Waals surface area contributed by atoms with Gasteiger partial charge in [-0.2, -0.15) is 0 Å². The number of aliphatic hydroxyl groups is 1. The average Bonchev–Trinajstić information content (AvgIpc) is 2.29. The van der Waals surface area contributed by atoms with Crippen molar-refractivity contribution in [3.8, 4) is 0 Å². The molecule has 1 aromatic heterocycles. The molecule has 102 valence electrons. The predicted octanol–water partition coefficient (Wildman–Crippen LogP) is 0.411. The minimum atomic E-state index is -3.62. The van der Waals surface area contributed by atoms with Gasteiger partial charge < -0.3 is 9.84 Å². The number of methoxy groups -OCH3 is 1. The van der Waals surface area contributed by atoms with E-state index in [2.05, 4.69) is 9.71 Å². The molecule has 6 nitrogen and oxygen atoms in total. The lowest BCUT2D eigenvalue weighted by Crippen LogP contribution is -2.28. The van der Waals surface area contributed by atoms with Crippen molar-refractivity contribution in [3.05, 3.63) is 23.5 Å². The zero-order chi connectivity index (χ0) is 13.6. The molecule has 0 bridgehead atoms. The third-order valence-corrected chi connectivity index (χ3v) is 3.80. The third-order valence-electron chi connectivity index (χ3n) is 2.14. The Hall–Kier alpha value is -0.730. The van der Waals surface area contributed by atoms with Gasteiger partial charge in [-0.25, -0.2) is 18.1 Å². The van der Waals surface area contributed by atoms with Crippen LogP contribution in [0.15, 0.2) is 23.2 Å². The summed E-state index contributed by atoms with van der Waals surface area (Å²) < 4.78 is 30.7. The van der Waals surface area contributed by atoms with Gasteiger partial charge >= 0.3 is 0 Å². The highest BCUT2D eigenvalue weighted by molar-refractivity contribution is 7.89. The monoisotopic (exact) mass is 294 g/mol. The summed E-state index contributed by atoms with van der Waals surface area (Å²) in [5.74, 6) is 0. The van der Waals surface area contributed by atoms with E-state index in [1.807, 2.05) is 0 Å². The summed E-state index contributed by atoms with van der Waals surface area (Å²) in [7, 11) is -2.16. The number of nitrogens with zero attached hydrogens (tertiary/aromatic N) is 1. The van der Waals surface area contributed by atoms with Gasteiger partial charge in [0.15, 0.2) is 0 Å². The van der Waals surface area contributed by atoms with Crippen LogP contribution in [0.4, 0.5) is 0 Å². The number of hydrogen-bond acceptors (Lipinski definition) is 5. The smallest absolute Gasteiger partial charge is 0.240 e. The first-order valence-corrected chi connectivity index (χ1v) is 7.10. The van der Waals surface area contributed by atoms with E-state index in [9.17, 15) is 13.5 Å². The molecule has 1 aromatic rings. The van der Waals surface area contributed by atoms with Crippen LogP contribution in [0.1, 0.15) is 6.42 Å². The van der Waals surface area contributed by atoms with E-state index < -0.39 is 16.1 Å². The maximum absolute atomic E-state index is 11.8. The largest absolute Gasteiger partial charge is 0.391 e. The van der Waals surface area contributed by atoms with Crippen molar-refractivity contribution in [3.63, 3.8) is 0 Å². The first-order valence-electron chi connectivity index (χ1n) is 5.24. The van der Waals surface area contributed by atoms with Crippen LogP contribution in [0, 0.1) is 0 Å². The van der Waals surface area contributed by atoms with Gasteiger partial charge in [0.05, 0.1) is 17.6 Å². The molecule has 0 amide bonds. The fourth-order valence-corrected chi connectivity index (χ4v) is 2.57. The Labute approximate surface area is 111 Å². The molecule has 0 saturated heterocycles. The van der Waals surface area contributed by atoms with Crippen molar-refractivity contribution < 1.29 is 18.3 Å². The molecule has 18 heavy (non-hydrogen) atoms. The second kappa shape index (κ2) is 7.01. The summed E-state index contributed by atoms with van der Waals surface area (Å²) in [6.45, 7) is 0.287. The van der Waals surface area contributed by atoms with Crippen LogP contribution >= 0.6 is 11.6 Å². The number of sulfonamides is 1. The van der Waals surface area contributed by atoms with Crippen LogP contribution in [0.25, 0.3) is 0 Å². The van der Waals surface area contributed by atoms with E-state index >= 15 is 0 Å². The average molecular weight is 295 g/mol. The number of rotatable bonds is 7. The van der Waals surface area contributed by atoms with Gasteiger partial charge in [0.25, 0.3) is 0 Å². The van der Waals surface area contributed by atoms with Gasteiger partial charge in [-0.15, -0.1) is 0 Å². The first-order chi connectivity index (χ1) is 8.45. The molecule has 0 aliphatic rings. The molecular formula is C10H15ClN2O4S. The van der Waals surface area contributed by atoms with E-state index in [4.69, 9.17) is 16.3 Å². The normalized spacial score (nSPS) is 13.5. The van der Waals surface area contributed by atoms with Gasteiger partial charge in [-0.1, -0.05) is 11.6 Å². The lowest BCUT2D eigenvalue weighted by molar-refractivity contribution is 0.0603. The molecule has 0 aliphatic heterocycles. The minimum Gasteiger partial charge on any atom is -0.391 e. The maximum Gasteiger partial charge on any atom is 0.240 e. The highest BCUT2D eigenvalue weighted by Gasteiger charge is 2.14. The van der Waals surface area contributed by atoms with Crippen molar-refractivity contribution in [2.45, 2.75) is 17.4 Å². The summed E-state index contributed by atoms with van der Waals surface area (Å²) >= 11 is 5.62. The number of halogens is 1.